The van der Waals surface area contributed by atoms with E-state index < -0.39 is 5.91 Å². The van der Waals surface area contributed by atoms with Gasteiger partial charge in [-0.25, -0.2) is 9.97 Å². The Balaban J connectivity index is 2.58. The fourth-order valence-corrected chi connectivity index (χ4v) is 1.54. The summed E-state index contributed by atoms with van der Waals surface area (Å²) in [5.74, 6) is -1.12. The number of rotatable bonds is 3. The van der Waals surface area contributed by atoms with Gasteiger partial charge in [0.25, 0.3) is 5.91 Å². The van der Waals surface area contributed by atoms with Crippen LogP contribution in [0.1, 0.15) is 16.2 Å². The van der Waals surface area contributed by atoms with Gasteiger partial charge in [0, 0.05) is 5.56 Å². The molecule has 0 saturated heterocycles. The molecule has 0 fully saturated rings. The average Bonchev–Trinajstić information content (AvgIpc) is 2.46. The Hall–Kier alpha value is -2.96. The van der Waals surface area contributed by atoms with E-state index in [4.69, 9.17) is 16.7 Å². The maximum atomic E-state index is 11.4. The summed E-state index contributed by atoms with van der Waals surface area (Å²) in [5.41, 5.74) is 11.7. The number of carbonyl (C=O) groups is 1. The lowest BCUT2D eigenvalue weighted by Gasteiger charge is -2.06. The van der Waals surface area contributed by atoms with E-state index in [0.717, 1.165) is 5.56 Å². The summed E-state index contributed by atoms with van der Waals surface area (Å²) in [6.45, 7) is 0. The highest BCUT2D eigenvalue weighted by molar-refractivity contribution is 6.05. The molecule has 0 bridgehead atoms. The van der Waals surface area contributed by atoms with Crippen LogP contribution in [-0.2, 0) is 0 Å². The Kier molecular flexibility index (Phi) is 3.37. The molecule has 19 heavy (non-hydrogen) atoms. The number of nitrogens with zero attached hydrogens (tertiary/aromatic N) is 3. The Morgan fingerprint density at radius 2 is 1.84 bits per heavy atom. The normalized spacial score (nSPS) is 11.3. The number of benzene rings is 1. The molecule has 1 heterocycles. The highest BCUT2D eigenvalue weighted by Crippen LogP contribution is 2.16. The van der Waals surface area contributed by atoms with Gasteiger partial charge in [0.1, 0.15) is 5.69 Å². The van der Waals surface area contributed by atoms with E-state index in [9.17, 15) is 4.79 Å². The molecule has 0 aliphatic rings. The highest BCUT2D eigenvalue weighted by atomic mass is 16.4. The Bertz CT molecular complexity index is 640. The van der Waals surface area contributed by atoms with Crippen LogP contribution in [0.5, 0.6) is 0 Å². The highest BCUT2D eigenvalue weighted by Gasteiger charge is 2.16. The minimum Gasteiger partial charge on any atom is -0.409 e. The molecule has 0 spiro atoms. The van der Waals surface area contributed by atoms with Crippen LogP contribution in [0.3, 0.4) is 0 Å². The van der Waals surface area contributed by atoms with Crippen molar-refractivity contribution >= 4 is 11.7 Å². The SMILES string of the molecule is NC(=O)c1nc(-c2ccccc2)cnc1/C(N)=N/O. The van der Waals surface area contributed by atoms with Crippen molar-refractivity contribution in [3.05, 3.63) is 47.9 Å². The molecule has 1 aromatic carbocycles. The van der Waals surface area contributed by atoms with Crippen LogP contribution in [-0.4, -0.2) is 26.9 Å². The largest absolute Gasteiger partial charge is 0.409 e. The van der Waals surface area contributed by atoms with Crippen molar-refractivity contribution in [1.82, 2.24) is 9.97 Å². The fraction of sp³-hybridized carbons (Fsp3) is 0. The Morgan fingerprint density at radius 3 is 2.42 bits per heavy atom. The summed E-state index contributed by atoms with van der Waals surface area (Å²) < 4.78 is 0. The van der Waals surface area contributed by atoms with Crippen molar-refractivity contribution in [2.24, 2.45) is 16.6 Å². The second kappa shape index (κ2) is 5.13. The van der Waals surface area contributed by atoms with Crippen LogP contribution < -0.4 is 11.5 Å². The molecular weight excluding hydrogens is 246 g/mol. The molecule has 7 nitrogen and oxygen atoms in total. The van der Waals surface area contributed by atoms with Gasteiger partial charge < -0.3 is 16.7 Å². The lowest BCUT2D eigenvalue weighted by atomic mass is 10.1. The minimum atomic E-state index is -0.799. The first kappa shape index (κ1) is 12.5. The molecule has 1 amide bonds. The number of oxime groups is 1. The molecule has 0 aliphatic heterocycles. The van der Waals surface area contributed by atoms with E-state index in [-0.39, 0.29) is 17.2 Å². The maximum absolute atomic E-state index is 11.4. The van der Waals surface area contributed by atoms with E-state index in [1.54, 1.807) is 0 Å². The van der Waals surface area contributed by atoms with Gasteiger partial charge in [-0.15, -0.1) is 0 Å². The van der Waals surface area contributed by atoms with Crippen LogP contribution in [0, 0.1) is 0 Å². The zero-order chi connectivity index (χ0) is 13.8. The van der Waals surface area contributed by atoms with Crippen LogP contribution in [0.25, 0.3) is 11.3 Å². The summed E-state index contributed by atoms with van der Waals surface area (Å²) in [4.78, 5) is 19.4. The van der Waals surface area contributed by atoms with Crippen LogP contribution in [0.15, 0.2) is 41.7 Å². The number of amides is 1. The third-order valence-corrected chi connectivity index (χ3v) is 2.43. The number of carbonyl (C=O) groups excluding carboxylic acids is 1. The molecule has 0 radical (unpaired) electrons. The first-order valence-corrected chi connectivity index (χ1v) is 5.33. The molecule has 0 unspecified atom stereocenters. The van der Waals surface area contributed by atoms with Gasteiger partial charge in [0.2, 0.25) is 0 Å². The summed E-state index contributed by atoms with van der Waals surface area (Å²) >= 11 is 0. The van der Waals surface area contributed by atoms with Crippen molar-refractivity contribution < 1.29 is 10.0 Å². The minimum absolute atomic E-state index is 0.0466. The van der Waals surface area contributed by atoms with Gasteiger partial charge in [-0.2, -0.15) is 0 Å². The maximum Gasteiger partial charge on any atom is 0.269 e. The number of nitrogens with two attached hydrogens (primary N) is 2. The first-order chi connectivity index (χ1) is 9.13. The lowest BCUT2D eigenvalue weighted by Crippen LogP contribution is -2.24. The van der Waals surface area contributed by atoms with Gasteiger partial charge >= 0.3 is 0 Å². The van der Waals surface area contributed by atoms with E-state index in [0.29, 0.717) is 5.69 Å². The smallest absolute Gasteiger partial charge is 0.269 e. The van der Waals surface area contributed by atoms with E-state index in [2.05, 4.69) is 15.1 Å². The number of amidine groups is 1. The monoisotopic (exact) mass is 257 g/mol. The average molecular weight is 257 g/mol. The van der Waals surface area contributed by atoms with Crippen LogP contribution in [0.4, 0.5) is 0 Å². The molecule has 0 saturated carbocycles. The Labute approximate surface area is 108 Å². The molecule has 1 aromatic heterocycles. The molecular formula is C12H11N5O2. The van der Waals surface area contributed by atoms with E-state index >= 15 is 0 Å². The van der Waals surface area contributed by atoms with Crippen LogP contribution >= 0.6 is 0 Å². The van der Waals surface area contributed by atoms with E-state index in [1.807, 2.05) is 30.3 Å². The zero-order valence-corrected chi connectivity index (χ0v) is 9.82. The molecule has 0 aliphatic carbocycles. The van der Waals surface area contributed by atoms with Gasteiger partial charge in [-0.1, -0.05) is 35.5 Å². The topological polar surface area (TPSA) is 127 Å². The van der Waals surface area contributed by atoms with Gasteiger partial charge in [0.15, 0.2) is 11.5 Å². The fourth-order valence-electron chi connectivity index (χ4n) is 1.54. The molecule has 96 valence electrons. The van der Waals surface area contributed by atoms with Gasteiger partial charge in [0.05, 0.1) is 11.9 Å². The third kappa shape index (κ3) is 2.49. The van der Waals surface area contributed by atoms with Crippen molar-refractivity contribution in [1.29, 1.82) is 0 Å². The number of aromatic nitrogens is 2. The first-order valence-electron chi connectivity index (χ1n) is 5.33. The van der Waals surface area contributed by atoms with Crippen LogP contribution in [0.2, 0.25) is 0 Å². The predicted molar refractivity (Wildman–Crippen MR) is 68.5 cm³/mol. The summed E-state index contributed by atoms with van der Waals surface area (Å²) in [7, 11) is 0. The molecule has 2 rings (SSSR count). The summed E-state index contributed by atoms with van der Waals surface area (Å²) in [6, 6.07) is 9.16. The third-order valence-electron chi connectivity index (χ3n) is 2.43. The molecule has 5 N–H and O–H groups in total. The van der Waals surface area contributed by atoms with Crippen molar-refractivity contribution in [2.45, 2.75) is 0 Å². The number of primary amides is 1. The second-order valence-corrected chi connectivity index (χ2v) is 3.67. The zero-order valence-electron chi connectivity index (χ0n) is 9.82. The second-order valence-electron chi connectivity index (χ2n) is 3.67. The standard InChI is InChI=1S/C12H11N5O2/c13-11(17-19)9-10(12(14)18)16-8(6-15-9)7-4-2-1-3-5-7/h1-6,19H,(H2,13,17)(H2,14,18). The molecule has 7 heteroatoms. The van der Waals surface area contributed by atoms with Gasteiger partial charge in [-0.3, -0.25) is 4.79 Å². The van der Waals surface area contributed by atoms with Crippen molar-refractivity contribution in [2.75, 3.05) is 0 Å². The summed E-state index contributed by atoms with van der Waals surface area (Å²) in [6.07, 6.45) is 1.43. The van der Waals surface area contributed by atoms with Gasteiger partial charge in [-0.05, 0) is 0 Å². The lowest BCUT2D eigenvalue weighted by molar-refractivity contribution is 0.0995. The Morgan fingerprint density at radius 1 is 1.16 bits per heavy atom. The van der Waals surface area contributed by atoms with E-state index in [1.165, 1.54) is 6.20 Å². The van der Waals surface area contributed by atoms with Crippen molar-refractivity contribution in [3.63, 3.8) is 0 Å². The quantitative estimate of drug-likeness (QED) is 0.316. The predicted octanol–water partition coefficient (Wildman–Crippen LogP) is 0.337. The van der Waals surface area contributed by atoms with Crippen molar-refractivity contribution in [3.8, 4) is 11.3 Å². The number of hydrogen-bond donors (Lipinski definition) is 3. The summed E-state index contributed by atoms with van der Waals surface area (Å²) in [5, 5.41) is 11.4. The number of hydrogen-bond acceptors (Lipinski definition) is 5. The molecule has 0 atom stereocenters. The molecule has 2 aromatic rings.